The van der Waals surface area contributed by atoms with Crippen LogP contribution in [0.25, 0.3) is 17.0 Å². The number of carbonyl (C=O) groups is 2. The number of ether oxygens (including phenoxy) is 1. The monoisotopic (exact) mass is 424 g/mol. The Morgan fingerprint density at radius 3 is 2.63 bits per heavy atom. The van der Waals surface area contributed by atoms with Gasteiger partial charge in [-0.2, -0.15) is 0 Å². The number of halogens is 1. The molecule has 2 amide bonds. The Morgan fingerprint density at radius 2 is 1.87 bits per heavy atom. The second-order valence-electron chi connectivity index (χ2n) is 7.04. The number of fused-ring (bicyclic) bond motifs is 1. The summed E-state index contributed by atoms with van der Waals surface area (Å²) in [5.74, 6) is -0.533. The summed E-state index contributed by atoms with van der Waals surface area (Å²) in [5.41, 5.74) is 2.85. The molecule has 7 heteroatoms. The molecule has 0 N–H and O–H groups in total. The number of hydrogen-bond acceptors (Lipinski definition) is 4. The third-order valence-corrected chi connectivity index (χ3v) is 5.88. The minimum absolute atomic E-state index is 0.252. The van der Waals surface area contributed by atoms with Gasteiger partial charge in [0.15, 0.2) is 0 Å². The quantitative estimate of drug-likeness (QED) is 0.400. The number of rotatable bonds is 7. The van der Waals surface area contributed by atoms with Gasteiger partial charge in [-0.05, 0) is 48.0 Å². The topological polar surface area (TPSA) is 51.5 Å². The van der Waals surface area contributed by atoms with Crippen LogP contribution < -0.4 is 0 Å². The molecule has 1 aliphatic heterocycles. The number of para-hydroxylation sites is 1. The van der Waals surface area contributed by atoms with Gasteiger partial charge in [-0.15, -0.1) is 0 Å². The maximum absolute atomic E-state index is 13.2. The predicted molar refractivity (Wildman–Crippen MR) is 117 cm³/mol. The van der Waals surface area contributed by atoms with E-state index in [2.05, 4.69) is 4.57 Å². The molecule has 0 atom stereocenters. The maximum atomic E-state index is 13.2. The number of nitrogens with zero attached hydrogens (tertiary/aromatic N) is 2. The summed E-state index contributed by atoms with van der Waals surface area (Å²) in [7, 11) is 1.59. The zero-order valence-corrected chi connectivity index (χ0v) is 17.3. The molecule has 30 heavy (non-hydrogen) atoms. The Hall–Kier alpha value is -2.90. The lowest BCUT2D eigenvalue weighted by atomic mass is 10.1. The van der Waals surface area contributed by atoms with Gasteiger partial charge in [-0.3, -0.25) is 14.5 Å². The molecule has 0 saturated carbocycles. The highest BCUT2D eigenvalue weighted by Crippen LogP contribution is 2.34. The van der Waals surface area contributed by atoms with Crippen LogP contribution in [0, 0.1) is 5.82 Å². The second kappa shape index (κ2) is 8.85. The summed E-state index contributed by atoms with van der Waals surface area (Å²) in [4.78, 5) is 26.7. The molecule has 1 saturated heterocycles. The van der Waals surface area contributed by atoms with Gasteiger partial charge in [0.05, 0.1) is 4.91 Å². The minimum Gasteiger partial charge on any atom is -0.385 e. The van der Waals surface area contributed by atoms with E-state index in [1.165, 1.54) is 17.0 Å². The molecular weight excluding hydrogens is 403 g/mol. The van der Waals surface area contributed by atoms with Gasteiger partial charge in [0.25, 0.3) is 11.1 Å². The van der Waals surface area contributed by atoms with E-state index in [0.29, 0.717) is 31.0 Å². The Kier molecular flexibility index (Phi) is 6.01. The lowest BCUT2D eigenvalue weighted by Crippen LogP contribution is -2.29. The molecule has 4 rings (SSSR count). The number of carbonyl (C=O) groups excluding carboxylic acids is 2. The standard InChI is InChI=1S/C23H21FN2O3S/c1-29-12-4-11-26-22(27)21(30-23(26)28)13-17-15-25(20-6-3-2-5-19(17)20)14-16-7-9-18(24)10-8-16/h2-3,5-10,13,15H,4,11-12,14H2,1H3/b21-13+. The molecule has 3 aromatic rings. The highest BCUT2D eigenvalue weighted by atomic mass is 32.2. The molecule has 0 spiro atoms. The molecule has 5 nitrogen and oxygen atoms in total. The SMILES string of the molecule is COCCCN1C(=O)S/C(=C/c2cn(Cc3ccc(F)cc3)c3ccccc23)C1=O. The molecule has 1 aromatic heterocycles. The Morgan fingerprint density at radius 1 is 1.10 bits per heavy atom. The zero-order chi connectivity index (χ0) is 21.1. The smallest absolute Gasteiger partial charge is 0.293 e. The number of amides is 2. The third kappa shape index (κ3) is 4.17. The number of hydrogen-bond donors (Lipinski definition) is 0. The van der Waals surface area contributed by atoms with Gasteiger partial charge in [0, 0.05) is 49.5 Å². The van der Waals surface area contributed by atoms with Crippen LogP contribution in [0.2, 0.25) is 0 Å². The maximum Gasteiger partial charge on any atom is 0.293 e. The lowest BCUT2D eigenvalue weighted by molar-refractivity contribution is -0.122. The second-order valence-corrected chi connectivity index (χ2v) is 8.03. The predicted octanol–water partition coefficient (Wildman–Crippen LogP) is 4.90. The number of methoxy groups -OCH3 is 1. The molecule has 1 fully saturated rings. The van der Waals surface area contributed by atoms with Crippen molar-refractivity contribution in [3.8, 4) is 0 Å². The van der Waals surface area contributed by atoms with E-state index in [1.54, 1.807) is 25.3 Å². The van der Waals surface area contributed by atoms with Crippen molar-refractivity contribution >= 4 is 39.9 Å². The first-order valence-corrected chi connectivity index (χ1v) is 10.4. The van der Waals surface area contributed by atoms with Gasteiger partial charge < -0.3 is 9.30 Å². The average Bonchev–Trinajstić information content (AvgIpc) is 3.22. The van der Waals surface area contributed by atoms with Crippen molar-refractivity contribution in [1.82, 2.24) is 9.47 Å². The molecule has 2 aromatic carbocycles. The highest BCUT2D eigenvalue weighted by molar-refractivity contribution is 8.18. The van der Waals surface area contributed by atoms with Crippen LogP contribution in [0.3, 0.4) is 0 Å². The van der Waals surface area contributed by atoms with Gasteiger partial charge in [0.1, 0.15) is 5.82 Å². The normalized spacial score (nSPS) is 15.7. The summed E-state index contributed by atoms with van der Waals surface area (Å²) < 4.78 is 20.3. The summed E-state index contributed by atoms with van der Waals surface area (Å²) >= 11 is 0.965. The largest absolute Gasteiger partial charge is 0.385 e. The van der Waals surface area contributed by atoms with E-state index in [9.17, 15) is 14.0 Å². The third-order valence-electron chi connectivity index (χ3n) is 4.98. The number of benzene rings is 2. The Bertz CT molecular complexity index is 1120. The van der Waals surface area contributed by atoms with Crippen molar-refractivity contribution in [3.05, 3.63) is 76.6 Å². The molecule has 0 radical (unpaired) electrons. The first kappa shape index (κ1) is 20.4. The van der Waals surface area contributed by atoms with Gasteiger partial charge in [0.2, 0.25) is 0 Å². The number of imide groups is 1. The Labute approximate surface area is 178 Å². The van der Waals surface area contributed by atoms with Crippen LogP contribution in [0.4, 0.5) is 9.18 Å². The number of aromatic nitrogens is 1. The van der Waals surface area contributed by atoms with Crippen LogP contribution in [-0.4, -0.2) is 40.9 Å². The zero-order valence-electron chi connectivity index (χ0n) is 16.5. The minimum atomic E-state index is -0.267. The van der Waals surface area contributed by atoms with Gasteiger partial charge in [-0.25, -0.2) is 4.39 Å². The molecule has 154 valence electrons. The van der Waals surface area contributed by atoms with Crippen molar-refractivity contribution in [2.75, 3.05) is 20.3 Å². The first-order valence-electron chi connectivity index (χ1n) is 9.63. The Balaban J connectivity index is 1.64. The fourth-order valence-corrected chi connectivity index (χ4v) is 4.36. The van der Waals surface area contributed by atoms with Gasteiger partial charge in [-0.1, -0.05) is 30.3 Å². The summed E-state index contributed by atoms with van der Waals surface area (Å²) in [6, 6.07) is 14.3. The fraction of sp³-hybridized carbons (Fsp3) is 0.217. The lowest BCUT2D eigenvalue weighted by Gasteiger charge is -2.11. The molecule has 1 aliphatic rings. The van der Waals surface area contributed by atoms with E-state index < -0.39 is 0 Å². The van der Waals surface area contributed by atoms with E-state index >= 15 is 0 Å². The highest BCUT2D eigenvalue weighted by Gasteiger charge is 2.34. The molecular formula is C23H21FN2O3S. The molecule has 0 unspecified atom stereocenters. The summed E-state index contributed by atoms with van der Waals surface area (Å²) in [6.07, 6.45) is 4.36. The van der Waals surface area contributed by atoms with E-state index in [0.717, 1.165) is 33.8 Å². The van der Waals surface area contributed by atoms with Crippen molar-refractivity contribution in [2.24, 2.45) is 0 Å². The average molecular weight is 424 g/mol. The van der Waals surface area contributed by atoms with Crippen LogP contribution >= 0.6 is 11.8 Å². The van der Waals surface area contributed by atoms with Crippen LogP contribution in [0.1, 0.15) is 17.5 Å². The molecule has 0 aliphatic carbocycles. The summed E-state index contributed by atoms with van der Waals surface area (Å²) in [5, 5.41) is 0.739. The molecule has 2 heterocycles. The van der Waals surface area contributed by atoms with E-state index in [1.807, 2.05) is 30.5 Å². The van der Waals surface area contributed by atoms with Gasteiger partial charge >= 0.3 is 0 Å². The summed E-state index contributed by atoms with van der Waals surface area (Å²) in [6.45, 7) is 1.42. The van der Waals surface area contributed by atoms with Crippen molar-refractivity contribution in [2.45, 2.75) is 13.0 Å². The number of thioether (sulfide) groups is 1. The first-order chi connectivity index (χ1) is 14.6. The fourth-order valence-electron chi connectivity index (χ4n) is 3.51. The van der Waals surface area contributed by atoms with E-state index in [-0.39, 0.29) is 17.0 Å². The van der Waals surface area contributed by atoms with Crippen molar-refractivity contribution < 1.29 is 18.7 Å². The van der Waals surface area contributed by atoms with Crippen molar-refractivity contribution in [3.63, 3.8) is 0 Å². The van der Waals surface area contributed by atoms with E-state index in [4.69, 9.17) is 4.74 Å². The van der Waals surface area contributed by atoms with Crippen LogP contribution in [0.5, 0.6) is 0 Å². The van der Waals surface area contributed by atoms with Crippen LogP contribution in [-0.2, 0) is 16.1 Å². The van der Waals surface area contributed by atoms with Crippen molar-refractivity contribution in [1.29, 1.82) is 0 Å². The molecule has 0 bridgehead atoms. The van der Waals surface area contributed by atoms with Crippen LogP contribution in [0.15, 0.2) is 59.6 Å².